The predicted octanol–water partition coefficient (Wildman–Crippen LogP) is 3.50. The third-order valence-electron chi connectivity index (χ3n) is 3.97. The summed E-state index contributed by atoms with van der Waals surface area (Å²) >= 11 is 0. The van der Waals surface area contributed by atoms with Gasteiger partial charge in [0, 0.05) is 11.3 Å². The van der Waals surface area contributed by atoms with Gasteiger partial charge in [-0.05, 0) is 43.2 Å². The van der Waals surface area contributed by atoms with Crippen LogP contribution in [0.5, 0.6) is 0 Å². The highest BCUT2D eigenvalue weighted by molar-refractivity contribution is 5.96. The van der Waals surface area contributed by atoms with Crippen LogP contribution < -0.4 is 16.2 Å². The van der Waals surface area contributed by atoms with Crippen LogP contribution in [0.15, 0.2) is 54.9 Å². The van der Waals surface area contributed by atoms with Crippen LogP contribution in [-0.4, -0.2) is 20.8 Å². The molecular formula is C19H18N6O3. The Kier molecular flexibility index (Phi) is 5.45. The molecule has 142 valence electrons. The van der Waals surface area contributed by atoms with Gasteiger partial charge >= 0.3 is 5.69 Å². The zero-order chi connectivity index (χ0) is 20.1. The van der Waals surface area contributed by atoms with Crippen molar-refractivity contribution in [2.24, 2.45) is 0 Å². The Bertz CT molecular complexity index is 1040. The molecule has 9 heteroatoms. The number of amides is 1. The van der Waals surface area contributed by atoms with E-state index in [2.05, 4.69) is 26.1 Å². The number of aryl methyl sites for hydroxylation is 2. The van der Waals surface area contributed by atoms with Crippen LogP contribution in [0.4, 0.5) is 23.0 Å². The van der Waals surface area contributed by atoms with Crippen LogP contribution in [0.25, 0.3) is 0 Å². The van der Waals surface area contributed by atoms with Crippen LogP contribution >= 0.6 is 0 Å². The van der Waals surface area contributed by atoms with Gasteiger partial charge in [0.25, 0.3) is 5.91 Å². The monoisotopic (exact) mass is 378 g/mol. The summed E-state index contributed by atoms with van der Waals surface area (Å²) in [6, 6.07) is 14.3. The largest absolute Gasteiger partial charge is 0.355 e. The van der Waals surface area contributed by atoms with Gasteiger partial charge in [-0.3, -0.25) is 25.8 Å². The van der Waals surface area contributed by atoms with Crippen LogP contribution in [0.3, 0.4) is 0 Å². The molecule has 0 unspecified atom stereocenters. The first-order valence-electron chi connectivity index (χ1n) is 8.41. The molecule has 0 saturated carbocycles. The average Bonchev–Trinajstić information content (AvgIpc) is 2.66. The van der Waals surface area contributed by atoms with Gasteiger partial charge in [-0.1, -0.05) is 30.3 Å². The highest BCUT2D eigenvalue weighted by Crippen LogP contribution is 2.30. The summed E-state index contributed by atoms with van der Waals surface area (Å²) in [5.74, 6) is -0.547. The molecule has 0 aliphatic carbocycles. The molecule has 3 aromatic rings. The number of hydrogen-bond acceptors (Lipinski definition) is 7. The molecule has 1 heterocycles. The van der Waals surface area contributed by atoms with Gasteiger partial charge in [0.05, 0.1) is 4.92 Å². The summed E-state index contributed by atoms with van der Waals surface area (Å²) in [7, 11) is 0. The van der Waals surface area contributed by atoms with Gasteiger partial charge in [-0.2, -0.15) is 0 Å². The van der Waals surface area contributed by atoms with Crippen molar-refractivity contribution < 1.29 is 9.72 Å². The summed E-state index contributed by atoms with van der Waals surface area (Å²) in [6.45, 7) is 3.71. The van der Waals surface area contributed by atoms with Gasteiger partial charge < -0.3 is 5.32 Å². The number of aromatic nitrogens is 2. The van der Waals surface area contributed by atoms with Crippen molar-refractivity contribution in [3.05, 3.63) is 81.7 Å². The molecule has 28 heavy (non-hydrogen) atoms. The molecule has 0 bridgehead atoms. The molecule has 0 saturated heterocycles. The van der Waals surface area contributed by atoms with E-state index in [1.807, 2.05) is 31.2 Å². The quantitative estimate of drug-likeness (QED) is 0.443. The minimum absolute atomic E-state index is 0.0123. The molecule has 1 amide bonds. The van der Waals surface area contributed by atoms with E-state index < -0.39 is 10.8 Å². The Labute approximate surface area is 161 Å². The van der Waals surface area contributed by atoms with E-state index in [1.165, 1.54) is 6.33 Å². The number of carbonyl (C=O) groups excluding carboxylic acids is 1. The van der Waals surface area contributed by atoms with Crippen molar-refractivity contribution in [2.45, 2.75) is 13.8 Å². The first-order chi connectivity index (χ1) is 13.5. The van der Waals surface area contributed by atoms with Gasteiger partial charge in [0.1, 0.15) is 6.33 Å². The number of rotatable bonds is 6. The van der Waals surface area contributed by atoms with Gasteiger partial charge in [-0.25, -0.2) is 9.97 Å². The first kappa shape index (κ1) is 18.8. The average molecular weight is 378 g/mol. The van der Waals surface area contributed by atoms with Crippen LogP contribution in [0.2, 0.25) is 0 Å². The zero-order valence-corrected chi connectivity index (χ0v) is 15.3. The van der Waals surface area contributed by atoms with Crippen molar-refractivity contribution in [3.63, 3.8) is 0 Å². The Balaban J connectivity index is 1.84. The maximum absolute atomic E-state index is 12.3. The molecule has 3 N–H and O–H groups in total. The fourth-order valence-corrected chi connectivity index (χ4v) is 2.61. The molecule has 0 radical (unpaired) electrons. The highest BCUT2D eigenvalue weighted by atomic mass is 16.6. The zero-order valence-electron chi connectivity index (χ0n) is 15.3. The van der Waals surface area contributed by atoms with E-state index in [9.17, 15) is 14.9 Å². The SMILES string of the molecule is Cc1cccc(Nc2ncnc(NNC(=O)c3ccccc3C)c2[N+](=O)[O-])c1. The first-order valence-corrected chi connectivity index (χ1v) is 8.41. The number of hydrazine groups is 1. The number of nitrogens with zero attached hydrogens (tertiary/aromatic N) is 3. The molecule has 0 spiro atoms. The molecular weight excluding hydrogens is 360 g/mol. The van der Waals surface area contributed by atoms with E-state index in [0.29, 0.717) is 11.3 Å². The standard InChI is InChI=1S/C19H18N6O3/c1-12-6-5-8-14(10-12)22-17-16(25(27)28)18(21-11-20-17)23-24-19(26)15-9-4-3-7-13(15)2/h3-11H,1-2H3,(H,24,26)(H2,20,21,22,23). The van der Waals surface area contributed by atoms with Crippen molar-refractivity contribution >= 4 is 28.9 Å². The Morgan fingerprint density at radius 2 is 1.79 bits per heavy atom. The lowest BCUT2D eigenvalue weighted by atomic mass is 10.1. The lowest BCUT2D eigenvalue weighted by molar-refractivity contribution is -0.383. The number of benzene rings is 2. The Morgan fingerprint density at radius 1 is 1.04 bits per heavy atom. The lowest BCUT2D eigenvalue weighted by Crippen LogP contribution is -2.30. The third-order valence-corrected chi connectivity index (χ3v) is 3.97. The molecule has 1 aromatic heterocycles. The maximum Gasteiger partial charge on any atom is 0.355 e. The smallest absolute Gasteiger partial charge is 0.334 e. The maximum atomic E-state index is 12.3. The van der Waals surface area contributed by atoms with Crippen LogP contribution in [-0.2, 0) is 0 Å². The second-order valence-corrected chi connectivity index (χ2v) is 6.07. The van der Waals surface area contributed by atoms with E-state index in [4.69, 9.17) is 0 Å². The molecule has 0 aliphatic heterocycles. The minimum atomic E-state index is -0.611. The molecule has 9 nitrogen and oxygen atoms in total. The number of nitrogens with one attached hydrogen (secondary N) is 3. The molecule has 0 atom stereocenters. The van der Waals surface area contributed by atoms with Gasteiger partial charge in [0.2, 0.25) is 11.6 Å². The molecule has 0 aliphatic rings. The van der Waals surface area contributed by atoms with Crippen LogP contribution in [0, 0.1) is 24.0 Å². The third kappa shape index (κ3) is 4.21. The Morgan fingerprint density at radius 3 is 2.50 bits per heavy atom. The molecule has 2 aromatic carbocycles. The molecule has 0 fully saturated rings. The van der Waals surface area contributed by atoms with Crippen molar-refractivity contribution in [3.8, 4) is 0 Å². The number of carbonyl (C=O) groups is 1. The van der Waals surface area contributed by atoms with Gasteiger partial charge in [0.15, 0.2) is 0 Å². The van der Waals surface area contributed by atoms with Crippen LogP contribution in [0.1, 0.15) is 21.5 Å². The molecule has 3 rings (SSSR count). The van der Waals surface area contributed by atoms with Crippen molar-refractivity contribution in [1.82, 2.24) is 15.4 Å². The summed E-state index contributed by atoms with van der Waals surface area (Å²) < 4.78 is 0. The summed E-state index contributed by atoms with van der Waals surface area (Å²) in [4.78, 5) is 31.2. The number of hydrogen-bond donors (Lipinski definition) is 3. The lowest BCUT2D eigenvalue weighted by Gasteiger charge is -2.12. The second kappa shape index (κ2) is 8.12. The highest BCUT2D eigenvalue weighted by Gasteiger charge is 2.24. The number of nitro groups is 1. The fraction of sp³-hybridized carbons (Fsp3) is 0.105. The normalized spacial score (nSPS) is 10.2. The van der Waals surface area contributed by atoms with E-state index >= 15 is 0 Å². The summed E-state index contributed by atoms with van der Waals surface area (Å²) in [5, 5.41) is 14.5. The summed E-state index contributed by atoms with van der Waals surface area (Å²) in [6.07, 6.45) is 1.17. The summed E-state index contributed by atoms with van der Waals surface area (Å²) in [5.41, 5.74) is 7.45. The van der Waals surface area contributed by atoms with E-state index in [0.717, 1.165) is 11.1 Å². The van der Waals surface area contributed by atoms with Crippen molar-refractivity contribution in [1.29, 1.82) is 0 Å². The predicted molar refractivity (Wildman–Crippen MR) is 105 cm³/mol. The van der Waals surface area contributed by atoms with E-state index in [1.54, 1.807) is 31.2 Å². The fourth-order valence-electron chi connectivity index (χ4n) is 2.61. The topological polar surface area (TPSA) is 122 Å². The Hall–Kier alpha value is -4.01. The minimum Gasteiger partial charge on any atom is -0.334 e. The second-order valence-electron chi connectivity index (χ2n) is 6.07. The van der Waals surface area contributed by atoms with Gasteiger partial charge in [-0.15, -0.1) is 0 Å². The van der Waals surface area contributed by atoms with E-state index in [-0.39, 0.29) is 17.3 Å². The van der Waals surface area contributed by atoms with Crippen molar-refractivity contribution in [2.75, 3.05) is 10.7 Å². The number of anilines is 3.